The zero-order valence-corrected chi connectivity index (χ0v) is 19.2. The van der Waals surface area contributed by atoms with Crippen molar-refractivity contribution in [3.05, 3.63) is 107 Å². The fourth-order valence-corrected chi connectivity index (χ4v) is 5.58. The molecule has 5 rings (SSSR count). The molecule has 7 heteroatoms. The standard InChI is InChI=1S/C27H25NO5S/c29-26-22-13-6-1-2-7-14-23(22)33-27(30)25(26)24(18-15-16-18)19-9-8-10-20(17-19)28-34(31,32)21-11-4-3-5-12-21/h1-13,17-18,23-24,28-29H,14-16H2/b6-1+,7-2+,22-13+/t23?,24-/m0/s1. The summed E-state index contributed by atoms with van der Waals surface area (Å²) in [4.78, 5) is 13.2. The third-order valence-corrected chi connectivity index (χ3v) is 7.68. The van der Waals surface area contributed by atoms with E-state index in [-0.39, 0.29) is 28.1 Å². The Balaban J connectivity index is 1.52. The average molecular weight is 476 g/mol. The molecular formula is C27H25NO5S. The average Bonchev–Trinajstić information content (AvgIpc) is 3.63. The summed E-state index contributed by atoms with van der Waals surface area (Å²) < 4.78 is 34.0. The van der Waals surface area contributed by atoms with E-state index >= 15 is 0 Å². The van der Waals surface area contributed by atoms with Crippen molar-refractivity contribution in [2.24, 2.45) is 5.92 Å². The zero-order chi connectivity index (χ0) is 23.7. The predicted molar refractivity (Wildman–Crippen MR) is 130 cm³/mol. The van der Waals surface area contributed by atoms with Gasteiger partial charge in [0.1, 0.15) is 11.9 Å². The Morgan fingerprint density at radius 3 is 2.56 bits per heavy atom. The molecule has 1 unspecified atom stereocenters. The van der Waals surface area contributed by atoms with Gasteiger partial charge < -0.3 is 9.84 Å². The molecule has 0 bridgehead atoms. The maximum Gasteiger partial charge on any atom is 0.339 e. The van der Waals surface area contributed by atoms with Gasteiger partial charge in [0.05, 0.1) is 10.5 Å². The van der Waals surface area contributed by atoms with E-state index in [2.05, 4.69) is 4.72 Å². The number of fused-ring (bicyclic) bond motifs is 1. The van der Waals surface area contributed by atoms with E-state index in [0.29, 0.717) is 17.7 Å². The smallest absolute Gasteiger partial charge is 0.339 e. The summed E-state index contributed by atoms with van der Waals surface area (Å²) in [6.45, 7) is 0. The van der Waals surface area contributed by atoms with Crippen LogP contribution in [0.15, 0.2) is 107 Å². The number of carbonyl (C=O) groups excluding carboxylic acids is 1. The van der Waals surface area contributed by atoms with Crippen molar-refractivity contribution in [3.63, 3.8) is 0 Å². The molecule has 34 heavy (non-hydrogen) atoms. The Labute approximate surface area is 199 Å². The van der Waals surface area contributed by atoms with Crippen molar-refractivity contribution in [2.75, 3.05) is 4.72 Å². The number of rotatable bonds is 6. The fourth-order valence-electron chi connectivity index (χ4n) is 4.51. The molecule has 2 aromatic carbocycles. The highest BCUT2D eigenvalue weighted by molar-refractivity contribution is 7.92. The Hall–Kier alpha value is -3.58. The van der Waals surface area contributed by atoms with Crippen LogP contribution in [-0.2, 0) is 19.6 Å². The first-order valence-corrected chi connectivity index (χ1v) is 12.8. The second-order valence-electron chi connectivity index (χ2n) is 8.69. The quantitative estimate of drug-likeness (QED) is 0.563. The van der Waals surface area contributed by atoms with Crippen molar-refractivity contribution < 1.29 is 23.1 Å². The number of sulfonamides is 1. The van der Waals surface area contributed by atoms with Gasteiger partial charge in [0.2, 0.25) is 0 Å². The normalized spacial score (nSPS) is 24.5. The van der Waals surface area contributed by atoms with Gasteiger partial charge in [-0.2, -0.15) is 0 Å². The van der Waals surface area contributed by atoms with Crippen LogP contribution in [-0.4, -0.2) is 25.6 Å². The first-order chi connectivity index (χ1) is 16.4. The van der Waals surface area contributed by atoms with Gasteiger partial charge in [0.15, 0.2) is 0 Å². The molecule has 2 N–H and O–H groups in total. The Morgan fingerprint density at radius 1 is 1.00 bits per heavy atom. The van der Waals surface area contributed by atoms with Crippen molar-refractivity contribution in [1.29, 1.82) is 0 Å². The minimum atomic E-state index is -3.76. The summed E-state index contributed by atoms with van der Waals surface area (Å²) in [6.07, 6.45) is 11.0. The van der Waals surface area contributed by atoms with Gasteiger partial charge in [-0.1, -0.05) is 60.7 Å². The Kier molecular flexibility index (Phi) is 5.87. The number of aliphatic hydroxyl groups excluding tert-OH is 1. The third-order valence-electron chi connectivity index (χ3n) is 6.28. The van der Waals surface area contributed by atoms with E-state index in [1.807, 2.05) is 30.4 Å². The highest BCUT2D eigenvalue weighted by atomic mass is 32.2. The lowest BCUT2D eigenvalue weighted by molar-refractivity contribution is -0.144. The SMILES string of the molecule is O=C1OC2C/C=C/C=C/C=C\2C(O)=C1[C@H](c1cccc(NS(=O)(=O)c2ccccc2)c1)C1CC1. The van der Waals surface area contributed by atoms with Gasteiger partial charge in [-0.3, -0.25) is 4.72 Å². The number of aliphatic hydroxyl groups is 1. The number of hydrogen-bond donors (Lipinski definition) is 2. The van der Waals surface area contributed by atoms with Crippen LogP contribution in [0, 0.1) is 5.92 Å². The maximum atomic E-state index is 13.1. The van der Waals surface area contributed by atoms with Crippen LogP contribution >= 0.6 is 0 Å². The van der Waals surface area contributed by atoms with Crippen molar-refractivity contribution in [1.82, 2.24) is 0 Å². The molecule has 2 aromatic rings. The summed E-state index contributed by atoms with van der Waals surface area (Å²) >= 11 is 0. The molecule has 2 atom stereocenters. The van der Waals surface area contributed by atoms with Gasteiger partial charge in [0.25, 0.3) is 10.0 Å². The molecule has 2 aliphatic carbocycles. The highest BCUT2D eigenvalue weighted by Gasteiger charge is 2.43. The van der Waals surface area contributed by atoms with Gasteiger partial charge >= 0.3 is 5.97 Å². The molecule has 0 aromatic heterocycles. The van der Waals surface area contributed by atoms with Crippen LogP contribution in [0.3, 0.4) is 0 Å². The van der Waals surface area contributed by atoms with Gasteiger partial charge in [0, 0.05) is 23.6 Å². The summed E-state index contributed by atoms with van der Waals surface area (Å²) in [5.74, 6) is -0.773. The first kappa shape index (κ1) is 22.2. The van der Waals surface area contributed by atoms with E-state index in [1.54, 1.807) is 42.5 Å². The van der Waals surface area contributed by atoms with E-state index in [0.717, 1.165) is 18.4 Å². The Morgan fingerprint density at radius 2 is 1.79 bits per heavy atom. The number of ether oxygens (including phenoxy) is 1. The van der Waals surface area contributed by atoms with Crippen LogP contribution in [0.1, 0.15) is 30.7 Å². The first-order valence-electron chi connectivity index (χ1n) is 11.3. The van der Waals surface area contributed by atoms with E-state index < -0.39 is 22.1 Å². The summed E-state index contributed by atoms with van der Waals surface area (Å²) in [7, 11) is -3.76. The molecule has 6 nitrogen and oxygen atoms in total. The number of anilines is 1. The lowest BCUT2D eigenvalue weighted by atomic mass is 9.82. The number of esters is 1. The van der Waals surface area contributed by atoms with Crippen molar-refractivity contribution >= 4 is 21.7 Å². The summed E-state index contributed by atoms with van der Waals surface area (Å²) in [6, 6.07) is 15.2. The number of carbonyl (C=O) groups is 1. The molecule has 174 valence electrons. The topological polar surface area (TPSA) is 92.7 Å². The zero-order valence-electron chi connectivity index (χ0n) is 18.4. The maximum absolute atomic E-state index is 13.1. The number of hydrogen-bond acceptors (Lipinski definition) is 5. The van der Waals surface area contributed by atoms with Crippen LogP contribution in [0.4, 0.5) is 5.69 Å². The number of allylic oxidation sites excluding steroid dienone is 4. The molecular weight excluding hydrogens is 450 g/mol. The fraction of sp³-hybridized carbons (Fsp3) is 0.222. The highest BCUT2D eigenvalue weighted by Crippen LogP contribution is 2.50. The molecule has 0 saturated heterocycles. The van der Waals surface area contributed by atoms with Gasteiger partial charge in [-0.05, 0) is 48.6 Å². The molecule has 3 aliphatic rings. The molecule has 1 aliphatic heterocycles. The van der Waals surface area contributed by atoms with E-state index in [9.17, 15) is 18.3 Å². The van der Waals surface area contributed by atoms with Crippen LogP contribution in [0.25, 0.3) is 0 Å². The molecule has 0 spiro atoms. The minimum Gasteiger partial charge on any atom is -0.507 e. The van der Waals surface area contributed by atoms with Gasteiger partial charge in [-0.25, -0.2) is 13.2 Å². The van der Waals surface area contributed by atoms with E-state index in [4.69, 9.17) is 4.74 Å². The van der Waals surface area contributed by atoms with Crippen molar-refractivity contribution in [2.45, 2.75) is 36.2 Å². The van der Waals surface area contributed by atoms with E-state index in [1.165, 1.54) is 12.1 Å². The second-order valence-corrected chi connectivity index (χ2v) is 10.4. The number of benzene rings is 2. The lowest BCUT2D eigenvalue weighted by Gasteiger charge is -2.30. The monoisotopic (exact) mass is 475 g/mol. The third kappa shape index (κ3) is 4.43. The molecule has 0 amide bonds. The lowest BCUT2D eigenvalue weighted by Crippen LogP contribution is -2.32. The minimum absolute atomic E-state index is 0.0339. The largest absolute Gasteiger partial charge is 0.507 e. The summed E-state index contributed by atoms with van der Waals surface area (Å²) in [5.41, 5.74) is 1.98. The second kappa shape index (κ2) is 8.99. The van der Waals surface area contributed by atoms with Crippen LogP contribution in [0.2, 0.25) is 0 Å². The molecule has 1 fully saturated rings. The van der Waals surface area contributed by atoms with Crippen LogP contribution < -0.4 is 4.72 Å². The number of nitrogens with one attached hydrogen (secondary N) is 1. The molecule has 0 radical (unpaired) electrons. The molecule has 1 saturated carbocycles. The van der Waals surface area contributed by atoms with Gasteiger partial charge in [-0.15, -0.1) is 0 Å². The van der Waals surface area contributed by atoms with Crippen molar-refractivity contribution in [3.8, 4) is 0 Å². The summed E-state index contributed by atoms with van der Waals surface area (Å²) in [5, 5.41) is 11.2. The molecule has 1 heterocycles. The Bertz CT molecular complexity index is 1330. The van der Waals surface area contributed by atoms with Crippen LogP contribution in [0.5, 0.6) is 0 Å². The predicted octanol–water partition coefficient (Wildman–Crippen LogP) is 5.16.